The van der Waals surface area contributed by atoms with E-state index in [2.05, 4.69) is 43.1 Å². The lowest BCUT2D eigenvalue weighted by atomic mass is 9.44. The van der Waals surface area contributed by atoms with Gasteiger partial charge in [0.25, 0.3) is 0 Å². The van der Waals surface area contributed by atoms with Crippen molar-refractivity contribution < 1.29 is 5.11 Å². The highest BCUT2D eigenvalue weighted by Crippen LogP contribution is 2.61. The molecule has 1 heterocycles. The highest BCUT2D eigenvalue weighted by molar-refractivity contribution is 7.09. The monoisotopic (exact) mass is 354 g/mol. The molecule has 5 rings (SSSR count). The van der Waals surface area contributed by atoms with E-state index in [1.54, 1.807) is 11.3 Å². The molecule has 4 heteroatoms. The normalized spacial score (nSPS) is 33.0. The van der Waals surface area contributed by atoms with E-state index < -0.39 is 5.60 Å². The average Bonchev–Trinajstić information content (AvgIpc) is 3.10. The number of thiazole rings is 1. The predicted molar refractivity (Wildman–Crippen MR) is 103 cm³/mol. The second-order valence-electron chi connectivity index (χ2n) is 8.31. The number of fused-ring (bicyclic) bond motifs is 2. The maximum Gasteiger partial charge on any atom is 0.117 e. The number of nitrogens with zero attached hydrogens (tertiary/aromatic N) is 2. The van der Waals surface area contributed by atoms with Gasteiger partial charge in [0.2, 0.25) is 0 Å². The van der Waals surface area contributed by atoms with Crippen molar-refractivity contribution in [2.24, 2.45) is 22.2 Å². The lowest BCUT2D eigenvalue weighted by molar-refractivity contribution is -0.134. The molecule has 0 saturated heterocycles. The third-order valence-corrected chi connectivity index (χ3v) is 7.37. The standard InChI is InChI=1S/C21H26N2OS/c1-20(2)15-12-17(20)21(3,24)18(13-15)23-16(19-22-9-10-25-19)11-14-7-5-4-6-8-14/h4-10,15-17,24H,11-13H2,1-3H3/t15-,16+,17-,21-/m1/s1. The summed E-state index contributed by atoms with van der Waals surface area (Å²) in [7, 11) is 0. The fourth-order valence-corrected chi connectivity index (χ4v) is 5.43. The van der Waals surface area contributed by atoms with Crippen LogP contribution in [0.2, 0.25) is 0 Å². The summed E-state index contributed by atoms with van der Waals surface area (Å²) in [5.74, 6) is 0.955. The summed E-state index contributed by atoms with van der Waals surface area (Å²) in [5.41, 5.74) is 1.65. The predicted octanol–water partition coefficient (Wildman–Crippen LogP) is 4.68. The van der Waals surface area contributed by atoms with Gasteiger partial charge in [0.15, 0.2) is 0 Å². The van der Waals surface area contributed by atoms with Gasteiger partial charge in [-0.25, -0.2) is 4.98 Å². The van der Waals surface area contributed by atoms with Crippen molar-refractivity contribution in [2.45, 2.75) is 51.7 Å². The Morgan fingerprint density at radius 3 is 2.64 bits per heavy atom. The molecule has 0 unspecified atom stereocenters. The van der Waals surface area contributed by atoms with Crippen LogP contribution in [-0.4, -0.2) is 21.4 Å². The van der Waals surface area contributed by atoms with Crippen LogP contribution >= 0.6 is 11.3 Å². The number of benzene rings is 1. The van der Waals surface area contributed by atoms with E-state index in [1.807, 2.05) is 24.6 Å². The van der Waals surface area contributed by atoms with Crippen molar-refractivity contribution in [1.29, 1.82) is 0 Å². The number of aromatic nitrogens is 1. The number of hydrogen-bond donors (Lipinski definition) is 1. The Morgan fingerprint density at radius 2 is 2.04 bits per heavy atom. The average molecular weight is 355 g/mol. The molecule has 3 aliphatic rings. The summed E-state index contributed by atoms with van der Waals surface area (Å²) in [6, 6.07) is 10.4. The minimum absolute atomic E-state index is 0.00973. The Bertz CT molecular complexity index is 764. The summed E-state index contributed by atoms with van der Waals surface area (Å²) >= 11 is 1.65. The van der Waals surface area contributed by atoms with Crippen LogP contribution in [0.5, 0.6) is 0 Å². The molecule has 0 spiro atoms. The van der Waals surface area contributed by atoms with Gasteiger partial charge in [0, 0.05) is 23.7 Å². The van der Waals surface area contributed by atoms with Crippen molar-refractivity contribution in [3.63, 3.8) is 0 Å². The zero-order valence-corrected chi connectivity index (χ0v) is 16.0. The first kappa shape index (κ1) is 16.9. The Kier molecular flexibility index (Phi) is 4.08. The minimum Gasteiger partial charge on any atom is -0.384 e. The molecular weight excluding hydrogens is 328 g/mol. The first-order valence-electron chi connectivity index (χ1n) is 9.12. The Morgan fingerprint density at radius 1 is 1.28 bits per heavy atom. The Labute approximate surface area is 153 Å². The van der Waals surface area contributed by atoms with E-state index in [1.165, 1.54) is 5.56 Å². The molecule has 1 aromatic carbocycles. The number of aliphatic imine (C=N–C) groups is 1. The largest absolute Gasteiger partial charge is 0.384 e. The molecule has 3 nitrogen and oxygen atoms in total. The molecular formula is C21H26N2OS. The van der Waals surface area contributed by atoms with Gasteiger partial charge in [-0.15, -0.1) is 11.3 Å². The highest BCUT2D eigenvalue weighted by atomic mass is 32.1. The van der Waals surface area contributed by atoms with Crippen molar-refractivity contribution in [2.75, 3.05) is 0 Å². The van der Waals surface area contributed by atoms with Gasteiger partial charge in [-0.3, -0.25) is 4.99 Å². The molecule has 0 amide bonds. The zero-order chi connectivity index (χ0) is 17.7. The molecule has 2 bridgehead atoms. The molecule has 3 aliphatic carbocycles. The zero-order valence-electron chi connectivity index (χ0n) is 15.1. The summed E-state index contributed by atoms with van der Waals surface area (Å²) < 4.78 is 0. The molecule has 1 N–H and O–H groups in total. The SMILES string of the molecule is CC1(C)[C@H]2CC(=N[C@@H](Cc3ccccc3)c3nccs3)[C@](C)(O)[C@@H]1C2. The highest BCUT2D eigenvalue weighted by Gasteiger charge is 2.61. The molecule has 1 aromatic heterocycles. The summed E-state index contributed by atoms with van der Waals surface area (Å²) in [6.07, 6.45) is 4.71. The van der Waals surface area contributed by atoms with Crippen LogP contribution < -0.4 is 0 Å². The van der Waals surface area contributed by atoms with Crippen molar-refractivity contribution >= 4 is 17.0 Å². The van der Waals surface area contributed by atoms with E-state index in [0.717, 1.165) is 30.0 Å². The maximum absolute atomic E-state index is 11.2. The number of aliphatic hydroxyl groups is 1. The van der Waals surface area contributed by atoms with Crippen molar-refractivity contribution in [3.8, 4) is 0 Å². The van der Waals surface area contributed by atoms with E-state index in [4.69, 9.17) is 4.99 Å². The summed E-state index contributed by atoms with van der Waals surface area (Å²) in [4.78, 5) is 9.60. The van der Waals surface area contributed by atoms with E-state index >= 15 is 0 Å². The van der Waals surface area contributed by atoms with Crippen LogP contribution in [0, 0.1) is 17.3 Å². The molecule has 0 radical (unpaired) electrons. The van der Waals surface area contributed by atoms with Crippen molar-refractivity contribution in [3.05, 3.63) is 52.5 Å². The smallest absolute Gasteiger partial charge is 0.117 e. The first-order valence-corrected chi connectivity index (χ1v) is 10.00. The van der Waals surface area contributed by atoms with E-state index in [0.29, 0.717) is 11.8 Å². The van der Waals surface area contributed by atoms with Crippen LogP contribution in [0.3, 0.4) is 0 Å². The van der Waals surface area contributed by atoms with Gasteiger partial charge in [0.05, 0.1) is 0 Å². The van der Waals surface area contributed by atoms with Crippen LogP contribution in [0.25, 0.3) is 0 Å². The van der Waals surface area contributed by atoms with E-state index in [-0.39, 0.29) is 11.5 Å². The van der Waals surface area contributed by atoms with Crippen LogP contribution in [-0.2, 0) is 6.42 Å². The molecule has 3 fully saturated rings. The molecule has 25 heavy (non-hydrogen) atoms. The second kappa shape index (κ2) is 6.03. The second-order valence-corrected chi connectivity index (χ2v) is 9.24. The Hall–Kier alpha value is -1.52. The van der Waals surface area contributed by atoms with Crippen molar-refractivity contribution in [1.82, 2.24) is 4.98 Å². The molecule has 2 aromatic rings. The fraction of sp³-hybridized carbons (Fsp3) is 0.524. The topological polar surface area (TPSA) is 45.5 Å². The fourth-order valence-electron chi connectivity index (χ4n) is 4.75. The Balaban J connectivity index is 1.66. The molecule has 4 atom stereocenters. The summed E-state index contributed by atoms with van der Waals surface area (Å²) in [5, 5.41) is 14.3. The lowest BCUT2D eigenvalue weighted by Crippen LogP contribution is -2.64. The van der Waals surface area contributed by atoms with Gasteiger partial charge in [-0.1, -0.05) is 44.2 Å². The third kappa shape index (κ3) is 2.85. The number of rotatable bonds is 4. The van der Waals surface area contributed by atoms with Gasteiger partial charge >= 0.3 is 0 Å². The van der Waals surface area contributed by atoms with Crippen LogP contribution in [0.1, 0.15) is 50.2 Å². The maximum atomic E-state index is 11.2. The van der Waals surface area contributed by atoms with Crippen LogP contribution in [0.15, 0.2) is 46.9 Å². The minimum atomic E-state index is -0.801. The quantitative estimate of drug-likeness (QED) is 0.866. The van der Waals surface area contributed by atoms with Crippen LogP contribution in [0.4, 0.5) is 0 Å². The van der Waals surface area contributed by atoms with Gasteiger partial charge in [-0.2, -0.15) is 0 Å². The van der Waals surface area contributed by atoms with E-state index in [9.17, 15) is 5.11 Å². The molecule has 0 aliphatic heterocycles. The lowest BCUT2D eigenvalue weighted by Gasteiger charge is -2.62. The van der Waals surface area contributed by atoms with Gasteiger partial charge in [-0.05, 0) is 42.6 Å². The summed E-state index contributed by atoms with van der Waals surface area (Å²) in [6.45, 7) is 6.55. The van der Waals surface area contributed by atoms with Gasteiger partial charge in [0.1, 0.15) is 16.7 Å². The molecule has 3 saturated carbocycles. The first-order chi connectivity index (χ1) is 11.9. The van der Waals surface area contributed by atoms with Gasteiger partial charge < -0.3 is 5.11 Å². The molecule has 132 valence electrons. The third-order valence-electron chi connectivity index (χ3n) is 6.49. The number of hydrogen-bond acceptors (Lipinski definition) is 4.